The van der Waals surface area contributed by atoms with E-state index in [2.05, 4.69) is 5.32 Å². The van der Waals surface area contributed by atoms with Crippen LogP contribution < -0.4 is 10.1 Å². The molecule has 1 unspecified atom stereocenters. The Hall–Kier alpha value is -2.82. The molecule has 0 fully saturated rings. The van der Waals surface area contributed by atoms with E-state index in [9.17, 15) is 9.59 Å². The molecule has 26 heavy (non-hydrogen) atoms. The van der Waals surface area contributed by atoms with E-state index < -0.39 is 6.10 Å². The second-order valence-electron chi connectivity index (χ2n) is 6.16. The third kappa shape index (κ3) is 5.09. The van der Waals surface area contributed by atoms with E-state index in [-0.39, 0.29) is 11.9 Å². The van der Waals surface area contributed by atoms with Gasteiger partial charge in [0, 0.05) is 5.69 Å². The van der Waals surface area contributed by atoms with Crippen LogP contribution in [0.1, 0.15) is 41.8 Å². The minimum absolute atomic E-state index is 0.257. The minimum Gasteiger partial charge on any atom is -0.481 e. The summed E-state index contributed by atoms with van der Waals surface area (Å²) in [4.78, 5) is 24.1. The zero-order chi connectivity index (χ0) is 19.1. The number of hydrogen-bond donors (Lipinski definition) is 1. The largest absolute Gasteiger partial charge is 0.481 e. The Bertz CT molecular complexity index is 768. The summed E-state index contributed by atoms with van der Waals surface area (Å²) in [6, 6.07) is 12.4. The summed E-state index contributed by atoms with van der Waals surface area (Å²) in [5.41, 5.74) is 3.18. The van der Waals surface area contributed by atoms with Gasteiger partial charge in [-0.05, 0) is 68.7 Å². The van der Waals surface area contributed by atoms with Gasteiger partial charge >= 0.3 is 5.97 Å². The van der Waals surface area contributed by atoms with Gasteiger partial charge in [-0.25, -0.2) is 4.79 Å². The summed E-state index contributed by atoms with van der Waals surface area (Å²) >= 11 is 0. The molecule has 0 aliphatic rings. The molecule has 138 valence electrons. The van der Waals surface area contributed by atoms with Crippen LogP contribution in [0.4, 0.5) is 5.69 Å². The van der Waals surface area contributed by atoms with Gasteiger partial charge in [0.05, 0.1) is 12.2 Å². The number of hydrogen-bond acceptors (Lipinski definition) is 4. The number of nitrogens with one attached hydrogen (secondary N) is 1. The summed E-state index contributed by atoms with van der Waals surface area (Å²) < 4.78 is 10.9. The van der Waals surface area contributed by atoms with Gasteiger partial charge in [-0.3, -0.25) is 4.79 Å². The first kappa shape index (κ1) is 19.5. The van der Waals surface area contributed by atoms with Gasteiger partial charge in [-0.15, -0.1) is 0 Å². The number of benzene rings is 2. The van der Waals surface area contributed by atoms with Crippen LogP contribution in [-0.4, -0.2) is 24.6 Å². The lowest BCUT2D eigenvalue weighted by Crippen LogP contribution is -2.30. The smallest absolute Gasteiger partial charge is 0.338 e. The number of anilines is 1. The molecule has 0 aliphatic carbocycles. The number of esters is 1. The van der Waals surface area contributed by atoms with Crippen molar-refractivity contribution in [2.75, 3.05) is 11.9 Å². The highest BCUT2D eigenvalue weighted by molar-refractivity contribution is 5.95. The van der Waals surface area contributed by atoms with Crippen molar-refractivity contribution in [2.45, 2.75) is 40.2 Å². The Kier molecular flexibility index (Phi) is 6.78. The standard InChI is InChI=1S/C21H25NO4/c1-5-13-25-21(24)17-9-11-18(12-10-17)22-20(23)16(4)26-19-8-6-7-14(2)15(19)3/h6-12,16H,5,13H2,1-4H3,(H,22,23). The molecule has 2 aromatic rings. The Morgan fingerprint density at radius 1 is 1.08 bits per heavy atom. The number of aryl methyl sites for hydroxylation is 1. The molecule has 0 bridgehead atoms. The van der Waals surface area contributed by atoms with E-state index in [4.69, 9.17) is 9.47 Å². The molecule has 1 amide bonds. The van der Waals surface area contributed by atoms with Gasteiger partial charge in [0.2, 0.25) is 0 Å². The van der Waals surface area contributed by atoms with Gasteiger partial charge < -0.3 is 14.8 Å². The first-order valence-corrected chi connectivity index (χ1v) is 8.73. The average molecular weight is 355 g/mol. The number of carbonyl (C=O) groups is 2. The van der Waals surface area contributed by atoms with Crippen molar-refractivity contribution in [2.24, 2.45) is 0 Å². The first-order valence-electron chi connectivity index (χ1n) is 8.73. The molecule has 2 aromatic carbocycles. The second-order valence-corrected chi connectivity index (χ2v) is 6.16. The number of carbonyl (C=O) groups excluding carboxylic acids is 2. The molecule has 1 N–H and O–H groups in total. The van der Waals surface area contributed by atoms with E-state index in [1.165, 1.54) is 0 Å². The normalized spacial score (nSPS) is 11.5. The molecule has 0 radical (unpaired) electrons. The van der Waals surface area contributed by atoms with E-state index in [1.54, 1.807) is 31.2 Å². The van der Waals surface area contributed by atoms with E-state index >= 15 is 0 Å². The highest BCUT2D eigenvalue weighted by atomic mass is 16.5. The molecule has 0 aliphatic heterocycles. The van der Waals surface area contributed by atoms with Crippen molar-refractivity contribution < 1.29 is 19.1 Å². The predicted molar refractivity (Wildman–Crippen MR) is 102 cm³/mol. The van der Waals surface area contributed by atoms with Crippen LogP contribution in [0.3, 0.4) is 0 Å². The number of rotatable bonds is 7. The summed E-state index contributed by atoms with van der Waals surface area (Å²) in [5, 5.41) is 2.79. The number of amides is 1. The third-order valence-corrected chi connectivity index (χ3v) is 4.05. The third-order valence-electron chi connectivity index (χ3n) is 4.05. The van der Waals surface area contributed by atoms with E-state index in [0.717, 1.165) is 17.5 Å². The van der Waals surface area contributed by atoms with Gasteiger partial charge in [0.15, 0.2) is 6.10 Å². The van der Waals surface area contributed by atoms with Crippen molar-refractivity contribution in [1.82, 2.24) is 0 Å². The molecule has 0 saturated carbocycles. The lowest BCUT2D eigenvalue weighted by Gasteiger charge is -2.17. The van der Waals surface area contributed by atoms with Crippen LogP contribution >= 0.6 is 0 Å². The summed E-state index contributed by atoms with van der Waals surface area (Å²) in [7, 11) is 0. The van der Waals surface area contributed by atoms with Crippen LogP contribution in [0.2, 0.25) is 0 Å². The number of ether oxygens (including phenoxy) is 2. The second kappa shape index (κ2) is 9.04. The summed E-state index contributed by atoms with van der Waals surface area (Å²) in [6.07, 6.45) is 0.128. The van der Waals surface area contributed by atoms with Crippen LogP contribution in [-0.2, 0) is 9.53 Å². The zero-order valence-corrected chi connectivity index (χ0v) is 15.7. The van der Waals surface area contributed by atoms with Crippen LogP contribution in [0.25, 0.3) is 0 Å². The molecule has 5 heteroatoms. The molecule has 0 spiro atoms. The van der Waals surface area contributed by atoms with E-state index in [1.807, 2.05) is 39.0 Å². The monoisotopic (exact) mass is 355 g/mol. The van der Waals surface area contributed by atoms with Gasteiger partial charge in [-0.2, -0.15) is 0 Å². The molecule has 0 aromatic heterocycles. The maximum atomic E-state index is 12.3. The van der Waals surface area contributed by atoms with Crippen LogP contribution in [0.5, 0.6) is 5.75 Å². The van der Waals surface area contributed by atoms with Crippen molar-refractivity contribution >= 4 is 17.6 Å². The fraction of sp³-hybridized carbons (Fsp3) is 0.333. The summed E-state index contributed by atoms with van der Waals surface area (Å²) in [6.45, 7) is 8.00. The van der Waals surface area contributed by atoms with Gasteiger partial charge in [-0.1, -0.05) is 19.1 Å². The fourth-order valence-corrected chi connectivity index (χ4v) is 2.31. The van der Waals surface area contributed by atoms with Gasteiger partial charge in [0.1, 0.15) is 5.75 Å². The maximum Gasteiger partial charge on any atom is 0.338 e. The minimum atomic E-state index is -0.648. The SMILES string of the molecule is CCCOC(=O)c1ccc(NC(=O)C(C)Oc2cccc(C)c2C)cc1. The van der Waals surface area contributed by atoms with Crippen molar-refractivity contribution in [3.8, 4) is 5.75 Å². The fourth-order valence-electron chi connectivity index (χ4n) is 2.31. The highest BCUT2D eigenvalue weighted by Gasteiger charge is 2.16. The first-order chi connectivity index (χ1) is 12.4. The van der Waals surface area contributed by atoms with Gasteiger partial charge in [0.25, 0.3) is 5.91 Å². The molecule has 0 heterocycles. The lowest BCUT2D eigenvalue weighted by atomic mass is 10.1. The van der Waals surface area contributed by atoms with E-state index in [0.29, 0.717) is 23.6 Å². The highest BCUT2D eigenvalue weighted by Crippen LogP contribution is 2.22. The molecule has 0 saturated heterocycles. The Morgan fingerprint density at radius 2 is 1.77 bits per heavy atom. The molecule has 2 rings (SSSR count). The van der Waals surface area contributed by atoms with Crippen molar-refractivity contribution in [3.63, 3.8) is 0 Å². The van der Waals surface area contributed by atoms with Crippen molar-refractivity contribution in [1.29, 1.82) is 0 Å². The Labute approximate surface area is 154 Å². The Balaban J connectivity index is 1.96. The average Bonchev–Trinajstić information content (AvgIpc) is 2.64. The van der Waals surface area contributed by atoms with Crippen LogP contribution in [0, 0.1) is 13.8 Å². The molecular weight excluding hydrogens is 330 g/mol. The molecular formula is C21H25NO4. The maximum absolute atomic E-state index is 12.3. The molecule has 5 nitrogen and oxygen atoms in total. The summed E-state index contributed by atoms with van der Waals surface area (Å²) in [5.74, 6) is 0.0743. The lowest BCUT2D eigenvalue weighted by molar-refractivity contribution is -0.122. The predicted octanol–water partition coefficient (Wildman–Crippen LogP) is 4.28. The quantitative estimate of drug-likeness (QED) is 0.753. The zero-order valence-electron chi connectivity index (χ0n) is 15.7. The van der Waals surface area contributed by atoms with Crippen molar-refractivity contribution in [3.05, 3.63) is 59.2 Å². The topological polar surface area (TPSA) is 64.6 Å². The Morgan fingerprint density at radius 3 is 2.42 bits per heavy atom. The van der Waals surface area contributed by atoms with Crippen LogP contribution in [0.15, 0.2) is 42.5 Å². The molecule has 1 atom stereocenters.